The van der Waals surface area contributed by atoms with Crippen LogP contribution >= 0.6 is 0 Å². The number of carbonyl (C=O) groups is 2. The van der Waals surface area contributed by atoms with Crippen molar-refractivity contribution < 1.29 is 27.9 Å². The number of benzene rings is 1. The molecule has 1 unspecified atom stereocenters. The van der Waals surface area contributed by atoms with Crippen molar-refractivity contribution in [3.05, 3.63) is 41.7 Å². The van der Waals surface area contributed by atoms with E-state index < -0.39 is 29.2 Å². The smallest absolute Gasteiger partial charge is 0.416 e. The number of hydrogen-bond acceptors (Lipinski definition) is 4. The predicted molar refractivity (Wildman–Crippen MR) is 82.7 cm³/mol. The number of alkyl halides is 3. The van der Waals surface area contributed by atoms with Crippen LogP contribution in [-0.4, -0.2) is 49.0 Å². The van der Waals surface area contributed by atoms with Gasteiger partial charge in [-0.15, -0.1) is 5.10 Å². The predicted octanol–water partition coefficient (Wildman–Crippen LogP) is 2.37. The molecule has 1 aromatic carbocycles. The summed E-state index contributed by atoms with van der Waals surface area (Å²) in [5.41, 5.74) is -2.22. The molecule has 1 fully saturated rings. The van der Waals surface area contributed by atoms with E-state index in [9.17, 15) is 27.9 Å². The maximum atomic E-state index is 12.8. The monoisotopic (exact) mass is 368 g/mol. The van der Waals surface area contributed by atoms with E-state index in [-0.39, 0.29) is 17.9 Å². The number of nitrogens with zero attached hydrogens (tertiary/aromatic N) is 4. The third-order valence-corrected chi connectivity index (χ3v) is 4.50. The molecule has 3 rings (SSSR count). The number of likely N-dealkylation sites (tertiary alicyclic amines) is 1. The van der Waals surface area contributed by atoms with Crippen LogP contribution in [0, 0.1) is 0 Å². The first-order valence-electron chi connectivity index (χ1n) is 7.78. The molecule has 2 heterocycles. The van der Waals surface area contributed by atoms with E-state index in [2.05, 4.69) is 10.3 Å². The molecule has 138 valence electrons. The first-order chi connectivity index (χ1) is 12.1. The number of hydrogen-bond donors (Lipinski definition) is 1. The van der Waals surface area contributed by atoms with Crippen LogP contribution in [0.25, 0.3) is 5.69 Å². The summed E-state index contributed by atoms with van der Waals surface area (Å²) in [5, 5.41) is 16.8. The van der Waals surface area contributed by atoms with Crippen molar-refractivity contribution in [2.24, 2.45) is 0 Å². The molecule has 1 N–H and O–H groups in total. The number of rotatable bonds is 3. The molecule has 0 saturated carbocycles. The minimum Gasteiger partial charge on any atom is -0.480 e. The summed E-state index contributed by atoms with van der Waals surface area (Å²) >= 11 is 0. The van der Waals surface area contributed by atoms with Gasteiger partial charge in [0.25, 0.3) is 5.91 Å². The van der Waals surface area contributed by atoms with E-state index >= 15 is 0 Å². The molecule has 1 saturated heterocycles. The molecule has 7 nitrogen and oxygen atoms in total. The van der Waals surface area contributed by atoms with Gasteiger partial charge in [-0.25, -0.2) is 9.48 Å². The third kappa shape index (κ3) is 3.02. The summed E-state index contributed by atoms with van der Waals surface area (Å²) in [6.07, 6.45) is -2.46. The van der Waals surface area contributed by atoms with Gasteiger partial charge in [-0.1, -0.05) is 11.3 Å². The van der Waals surface area contributed by atoms with Crippen LogP contribution in [-0.2, 0) is 11.0 Å². The van der Waals surface area contributed by atoms with E-state index in [1.807, 2.05) is 0 Å². The molecule has 1 aliphatic rings. The molecular weight excluding hydrogens is 353 g/mol. The average Bonchev–Trinajstić information content (AvgIpc) is 3.21. The lowest BCUT2D eigenvalue weighted by Crippen LogP contribution is -2.50. The van der Waals surface area contributed by atoms with Crippen LogP contribution in [0.4, 0.5) is 13.2 Å². The topological polar surface area (TPSA) is 88.3 Å². The summed E-state index contributed by atoms with van der Waals surface area (Å²) in [5.74, 6) is -1.74. The Balaban J connectivity index is 1.89. The number of carboxylic acids is 1. The number of amides is 1. The Bertz CT molecular complexity index is 864. The number of carbonyl (C=O) groups excluding carboxylic acids is 1. The Morgan fingerprint density at radius 1 is 1.31 bits per heavy atom. The minimum absolute atomic E-state index is 0.0915. The molecule has 1 aromatic heterocycles. The van der Waals surface area contributed by atoms with E-state index in [4.69, 9.17) is 0 Å². The van der Waals surface area contributed by atoms with Gasteiger partial charge in [-0.3, -0.25) is 4.79 Å². The van der Waals surface area contributed by atoms with E-state index in [1.165, 1.54) is 30.2 Å². The fourth-order valence-corrected chi connectivity index (χ4v) is 2.96. The largest absolute Gasteiger partial charge is 0.480 e. The Labute approximate surface area is 146 Å². The molecule has 26 heavy (non-hydrogen) atoms. The summed E-state index contributed by atoms with van der Waals surface area (Å²) in [4.78, 5) is 25.3. The molecule has 10 heteroatoms. The average molecular weight is 368 g/mol. The van der Waals surface area contributed by atoms with Crippen LogP contribution in [0.1, 0.15) is 35.8 Å². The summed E-state index contributed by atoms with van der Waals surface area (Å²) in [6.45, 7) is 1.72. The zero-order valence-electron chi connectivity index (χ0n) is 13.7. The Kier molecular flexibility index (Phi) is 4.21. The fourth-order valence-electron chi connectivity index (χ4n) is 2.96. The van der Waals surface area contributed by atoms with Gasteiger partial charge in [0.05, 0.1) is 17.4 Å². The zero-order valence-corrected chi connectivity index (χ0v) is 13.7. The van der Waals surface area contributed by atoms with Gasteiger partial charge < -0.3 is 10.0 Å². The van der Waals surface area contributed by atoms with Gasteiger partial charge in [-0.05, 0) is 38.0 Å². The van der Waals surface area contributed by atoms with Crippen LogP contribution in [0.15, 0.2) is 30.5 Å². The molecule has 2 aromatic rings. The van der Waals surface area contributed by atoms with Gasteiger partial charge in [0.15, 0.2) is 5.69 Å². The van der Waals surface area contributed by atoms with Crippen LogP contribution in [0.3, 0.4) is 0 Å². The SMILES string of the molecule is CC1(C(=O)O)CCCN1C(=O)c1cn(-c2cccc(C(F)(F)F)c2)nn1. The van der Waals surface area contributed by atoms with Crippen molar-refractivity contribution in [3.8, 4) is 5.69 Å². The molecule has 0 bridgehead atoms. The van der Waals surface area contributed by atoms with Crippen molar-refractivity contribution in [1.82, 2.24) is 19.9 Å². The Morgan fingerprint density at radius 3 is 2.69 bits per heavy atom. The van der Waals surface area contributed by atoms with Crippen molar-refractivity contribution in [3.63, 3.8) is 0 Å². The molecule has 1 aliphatic heterocycles. The second-order valence-corrected chi connectivity index (χ2v) is 6.24. The fraction of sp³-hybridized carbons (Fsp3) is 0.375. The zero-order chi connectivity index (χ0) is 19.1. The van der Waals surface area contributed by atoms with Crippen molar-refractivity contribution in [1.29, 1.82) is 0 Å². The van der Waals surface area contributed by atoms with Gasteiger partial charge in [0.2, 0.25) is 0 Å². The van der Waals surface area contributed by atoms with Crippen LogP contribution in [0.5, 0.6) is 0 Å². The summed E-state index contributed by atoms with van der Waals surface area (Å²) in [7, 11) is 0. The maximum Gasteiger partial charge on any atom is 0.416 e. The molecule has 0 radical (unpaired) electrons. The molecule has 1 atom stereocenters. The van der Waals surface area contributed by atoms with Crippen LogP contribution in [0.2, 0.25) is 0 Å². The van der Waals surface area contributed by atoms with Crippen molar-refractivity contribution >= 4 is 11.9 Å². The molecule has 0 spiro atoms. The van der Waals surface area contributed by atoms with E-state index in [0.29, 0.717) is 12.8 Å². The third-order valence-electron chi connectivity index (χ3n) is 4.50. The lowest BCUT2D eigenvalue weighted by molar-refractivity contribution is -0.147. The molecule has 0 aliphatic carbocycles. The van der Waals surface area contributed by atoms with E-state index in [0.717, 1.165) is 16.8 Å². The second kappa shape index (κ2) is 6.11. The maximum absolute atomic E-state index is 12.8. The first-order valence-corrected chi connectivity index (χ1v) is 7.78. The lowest BCUT2D eigenvalue weighted by atomic mass is 9.99. The van der Waals surface area contributed by atoms with Crippen molar-refractivity contribution in [2.45, 2.75) is 31.5 Å². The highest BCUT2D eigenvalue weighted by molar-refractivity contribution is 5.96. The van der Waals surface area contributed by atoms with Crippen molar-refractivity contribution in [2.75, 3.05) is 6.54 Å². The van der Waals surface area contributed by atoms with Gasteiger partial charge in [-0.2, -0.15) is 13.2 Å². The van der Waals surface area contributed by atoms with Gasteiger partial charge >= 0.3 is 12.1 Å². The number of aromatic nitrogens is 3. The number of halogens is 3. The lowest BCUT2D eigenvalue weighted by Gasteiger charge is -2.30. The number of aliphatic carboxylic acids is 1. The first kappa shape index (κ1) is 17.9. The Hall–Kier alpha value is -2.91. The summed E-state index contributed by atoms with van der Waals surface area (Å²) in [6, 6.07) is 4.44. The Morgan fingerprint density at radius 2 is 2.04 bits per heavy atom. The molecular formula is C16H15F3N4O3. The van der Waals surface area contributed by atoms with Gasteiger partial charge in [0.1, 0.15) is 5.54 Å². The molecule has 1 amide bonds. The second-order valence-electron chi connectivity index (χ2n) is 6.24. The normalized spacial score (nSPS) is 20.4. The highest BCUT2D eigenvalue weighted by Crippen LogP contribution is 2.31. The van der Waals surface area contributed by atoms with Crippen LogP contribution < -0.4 is 0 Å². The summed E-state index contributed by atoms with van der Waals surface area (Å²) < 4.78 is 39.5. The standard InChI is InChI=1S/C16H15F3N4O3/c1-15(14(25)26)6-3-7-22(15)13(24)12-9-23(21-20-12)11-5-2-4-10(8-11)16(17,18)19/h2,4-5,8-9H,3,6-7H2,1H3,(H,25,26). The minimum atomic E-state index is -4.51. The highest BCUT2D eigenvalue weighted by atomic mass is 19.4. The van der Waals surface area contributed by atoms with Gasteiger partial charge in [0, 0.05) is 6.54 Å². The quantitative estimate of drug-likeness (QED) is 0.899. The number of carboxylic acid groups (broad SMARTS) is 1. The highest BCUT2D eigenvalue weighted by Gasteiger charge is 2.46. The van der Waals surface area contributed by atoms with E-state index in [1.54, 1.807) is 0 Å².